The molecule has 0 saturated heterocycles. The third kappa shape index (κ3) is 5.76. The summed E-state index contributed by atoms with van der Waals surface area (Å²) in [5.41, 5.74) is 8.85. The van der Waals surface area contributed by atoms with Crippen LogP contribution >= 0.6 is 11.6 Å². The summed E-state index contributed by atoms with van der Waals surface area (Å²) in [5.74, 6) is -0.655. The van der Waals surface area contributed by atoms with Gasteiger partial charge in [0.15, 0.2) is 0 Å². The number of para-hydroxylation sites is 1. The number of carbonyl (C=O) groups excluding carboxylic acids is 3. The number of hydrogen-bond acceptors (Lipinski definition) is 5. The van der Waals surface area contributed by atoms with Gasteiger partial charge in [0.25, 0.3) is 5.91 Å². The number of likely N-dealkylation sites (N-methyl/N-ethyl adjacent to an activating group) is 1. The fraction of sp³-hybridized carbons (Fsp3) is 0.357. The van der Waals surface area contributed by atoms with E-state index >= 15 is 0 Å². The number of halogens is 1. The topological polar surface area (TPSA) is 125 Å². The number of aliphatic hydroxyl groups excluding tert-OH is 1. The van der Waals surface area contributed by atoms with Crippen molar-refractivity contribution < 1.29 is 19.5 Å². The molecule has 4 rings (SSSR count). The number of aliphatic hydroxyl groups is 1. The lowest BCUT2D eigenvalue weighted by atomic mass is 10.00. The average molecular weight is 553 g/mol. The fourth-order valence-corrected chi connectivity index (χ4v) is 5.26. The molecule has 0 fully saturated rings. The van der Waals surface area contributed by atoms with Crippen LogP contribution in [0.15, 0.2) is 54.7 Å². The van der Waals surface area contributed by atoms with Crippen molar-refractivity contribution in [2.24, 2.45) is 5.73 Å². The highest BCUT2D eigenvalue weighted by atomic mass is 35.5. The van der Waals surface area contributed by atoms with E-state index in [1.807, 2.05) is 32.0 Å². The lowest BCUT2D eigenvalue weighted by molar-refractivity contribution is -0.132. The molecule has 1 aliphatic heterocycles. The van der Waals surface area contributed by atoms with Crippen molar-refractivity contribution in [3.05, 3.63) is 76.6 Å². The van der Waals surface area contributed by atoms with Crippen molar-refractivity contribution in [1.29, 1.82) is 0 Å². The summed E-state index contributed by atoms with van der Waals surface area (Å²) >= 11 is 6.68. The first-order valence-corrected chi connectivity index (χ1v) is 13.2. The van der Waals surface area contributed by atoms with Gasteiger partial charge in [0, 0.05) is 37.9 Å². The van der Waals surface area contributed by atoms with Crippen LogP contribution in [-0.4, -0.2) is 74.3 Å². The maximum absolute atomic E-state index is 14.3. The zero-order chi connectivity index (χ0) is 28.3. The van der Waals surface area contributed by atoms with E-state index in [0.717, 1.165) is 5.69 Å². The number of primary amides is 1. The molecular weight excluding hydrogens is 520 g/mol. The van der Waals surface area contributed by atoms with Crippen LogP contribution in [0.2, 0.25) is 5.02 Å². The third-order valence-electron chi connectivity index (χ3n) is 7.13. The van der Waals surface area contributed by atoms with Gasteiger partial charge in [-0.3, -0.25) is 9.59 Å². The standard InChI is InChI=1S/C28H33ClN6O4/c1-4-32(13-14-36)26(37)16-25-19(3)33(28(30)39)17-20-7-5-6-8-24(20)35(25)27(38)22-10-9-21(15-23(22)29)34-12-11-18(2)31-34/h5-12,15,19,25,36H,4,13-14,16-17H2,1-3H3,(H2,30,39)/t19?,25-/m1/s1. The number of aryl methyl sites for hydroxylation is 1. The Morgan fingerprint density at radius 2 is 1.92 bits per heavy atom. The molecule has 1 aliphatic rings. The molecule has 2 aromatic carbocycles. The number of carbonyl (C=O) groups is 3. The molecule has 0 bridgehead atoms. The summed E-state index contributed by atoms with van der Waals surface area (Å²) in [7, 11) is 0. The van der Waals surface area contributed by atoms with Crippen molar-refractivity contribution in [2.75, 3.05) is 24.6 Å². The number of amides is 4. The second-order valence-electron chi connectivity index (χ2n) is 9.54. The van der Waals surface area contributed by atoms with Crippen LogP contribution in [0.1, 0.15) is 41.9 Å². The van der Waals surface area contributed by atoms with Crippen LogP contribution in [0.5, 0.6) is 0 Å². The predicted molar refractivity (Wildman–Crippen MR) is 149 cm³/mol. The highest BCUT2D eigenvalue weighted by Gasteiger charge is 2.40. The van der Waals surface area contributed by atoms with Crippen molar-refractivity contribution in [3.63, 3.8) is 0 Å². The Labute approximate surface area is 232 Å². The minimum Gasteiger partial charge on any atom is -0.395 e. The smallest absolute Gasteiger partial charge is 0.315 e. The fourth-order valence-electron chi connectivity index (χ4n) is 5.01. The monoisotopic (exact) mass is 552 g/mol. The number of fused-ring (bicyclic) bond motifs is 1. The summed E-state index contributed by atoms with van der Waals surface area (Å²) in [6.07, 6.45) is 1.72. The molecule has 2 heterocycles. The van der Waals surface area contributed by atoms with E-state index in [9.17, 15) is 19.5 Å². The number of anilines is 1. The van der Waals surface area contributed by atoms with E-state index in [-0.39, 0.29) is 42.6 Å². The maximum atomic E-state index is 14.3. The van der Waals surface area contributed by atoms with Gasteiger partial charge < -0.3 is 25.5 Å². The lowest BCUT2D eigenvalue weighted by Crippen LogP contribution is -2.55. The van der Waals surface area contributed by atoms with E-state index < -0.39 is 24.0 Å². The second-order valence-corrected chi connectivity index (χ2v) is 9.95. The summed E-state index contributed by atoms with van der Waals surface area (Å²) in [6.45, 7) is 6.04. The molecule has 0 saturated carbocycles. The SMILES string of the molecule is CCN(CCO)C(=O)C[C@@H]1C(C)N(C(N)=O)Cc2ccccc2N1C(=O)c1ccc(-n2ccc(C)n2)cc1Cl. The molecule has 3 aromatic rings. The van der Waals surface area contributed by atoms with Crippen molar-refractivity contribution >= 4 is 35.1 Å². The van der Waals surface area contributed by atoms with E-state index in [1.165, 1.54) is 9.80 Å². The first kappa shape index (κ1) is 28.1. The van der Waals surface area contributed by atoms with Gasteiger partial charge in [-0.25, -0.2) is 9.48 Å². The number of benzene rings is 2. The van der Waals surface area contributed by atoms with Crippen LogP contribution in [0, 0.1) is 6.92 Å². The Morgan fingerprint density at radius 3 is 2.54 bits per heavy atom. The van der Waals surface area contributed by atoms with Gasteiger partial charge in [-0.05, 0) is 56.7 Å². The molecule has 1 unspecified atom stereocenters. The van der Waals surface area contributed by atoms with Gasteiger partial charge in [0.05, 0.1) is 40.7 Å². The first-order valence-electron chi connectivity index (χ1n) is 12.8. The van der Waals surface area contributed by atoms with Crippen LogP contribution in [-0.2, 0) is 11.3 Å². The number of urea groups is 1. The molecule has 0 radical (unpaired) electrons. The molecule has 4 amide bonds. The van der Waals surface area contributed by atoms with Gasteiger partial charge in [-0.15, -0.1) is 0 Å². The van der Waals surface area contributed by atoms with Crippen molar-refractivity contribution in [1.82, 2.24) is 19.6 Å². The molecule has 3 N–H and O–H groups in total. The number of rotatable bonds is 7. The average Bonchev–Trinajstić information content (AvgIpc) is 3.31. The molecule has 2 atom stereocenters. The number of nitrogens with two attached hydrogens (primary N) is 1. The zero-order valence-corrected chi connectivity index (χ0v) is 23.0. The maximum Gasteiger partial charge on any atom is 0.315 e. The highest BCUT2D eigenvalue weighted by Crippen LogP contribution is 2.35. The van der Waals surface area contributed by atoms with Crippen LogP contribution in [0.25, 0.3) is 5.69 Å². The molecule has 11 heteroatoms. The van der Waals surface area contributed by atoms with Gasteiger partial charge in [0.1, 0.15) is 0 Å². The third-order valence-corrected chi connectivity index (χ3v) is 7.44. The Kier molecular flexibility index (Phi) is 8.57. The summed E-state index contributed by atoms with van der Waals surface area (Å²) in [4.78, 5) is 44.7. The van der Waals surface area contributed by atoms with Gasteiger partial charge in [-0.2, -0.15) is 5.10 Å². The van der Waals surface area contributed by atoms with Crippen LogP contribution < -0.4 is 10.6 Å². The number of nitrogens with zero attached hydrogens (tertiary/aromatic N) is 5. The summed E-state index contributed by atoms with van der Waals surface area (Å²) < 4.78 is 1.67. The zero-order valence-electron chi connectivity index (χ0n) is 22.2. The molecule has 39 heavy (non-hydrogen) atoms. The van der Waals surface area contributed by atoms with Gasteiger partial charge >= 0.3 is 6.03 Å². The molecule has 10 nitrogen and oxygen atoms in total. The molecule has 0 spiro atoms. The summed E-state index contributed by atoms with van der Waals surface area (Å²) in [6, 6.07) is 12.2. The Morgan fingerprint density at radius 1 is 1.18 bits per heavy atom. The highest BCUT2D eigenvalue weighted by molar-refractivity contribution is 6.34. The van der Waals surface area contributed by atoms with Gasteiger partial charge in [-0.1, -0.05) is 29.8 Å². The molecular formula is C28H33ClN6O4. The minimum absolute atomic E-state index is 0.0822. The van der Waals surface area contributed by atoms with E-state index in [2.05, 4.69) is 5.10 Å². The van der Waals surface area contributed by atoms with Gasteiger partial charge in [0.2, 0.25) is 5.91 Å². The Balaban J connectivity index is 1.81. The predicted octanol–water partition coefficient (Wildman–Crippen LogP) is 3.36. The number of hydrogen-bond donors (Lipinski definition) is 2. The van der Waals surface area contributed by atoms with Crippen molar-refractivity contribution in [2.45, 2.75) is 45.8 Å². The van der Waals surface area contributed by atoms with Crippen molar-refractivity contribution in [3.8, 4) is 5.69 Å². The lowest BCUT2D eigenvalue weighted by Gasteiger charge is -2.38. The first-order chi connectivity index (χ1) is 18.7. The minimum atomic E-state index is -0.751. The van der Waals surface area contributed by atoms with Crippen LogP contribution in [0.3, 0.4) is 0 Å². The van der Waals surface area contributed by atoms with Crippen LogP contribution in [0.4, 0.5) is 10.5 Å². The van der Waals surface area contributed by atoms with E-state index in [4.69, 9.17) is 17.3 Å². The summed E-state index contributed by atoms with van der Waals surface area (Å²) in [5, 5.41) is 14.1. The van der Waals surface area contributed by atoms with E-state index in [1.54, 1.807) is 53.0 Å². The quantitative estimate of drug-likeness (QED) is 0.465. The molecule has 0 aliphatic carbocycles. The Bertz CT molecular complexity index is 1380. The molecule has 1 aromatic heterocycles. The Hall–Kier alpha value is -3.89. The van der Waals surface area contributed by atoms with E-state index in [0.29, 0.717) is 23.5 Å². The number of aromatic nitrogens is 2. The normalized spacial score (nSPS) is 16.9. The second kappa shape index (κ2) is 11.9. The molecule has 206 valence electrons. The largest absolute Gasteiger partial charge is 0.395 e.